The van der Waals surface area contributed by atoms with Crippen molar-refractivity contribution in [2.24, 2.45) is 17.3 Å². The van der Waals surface area contributed by atoms with Crippen LogP contribution in [-0.2, 0) is 16.1 Å². The van der Waals surface area contributed by atoms with E-state index in [1.807, 2.05) is 30.3 Å². The first-order valence-corrected chi connectivity index (χ1v) is 9.62. The number of nitrogens with zero attached hydrogens (tertiary/aromatic N) is 4. The van der Waals surface area contributed by atoms with E-state index in [2.05, 4.69) is 15.5 Å². The van der Waals surface area contributed by atoms with Crippen LogP contribution in [0.25, 0.3) is 5.69 Å². The molecule has 4 bridgehead atoms. The second-order valence-electron chi connectivity index (χ2n) is 8.31. The molecular formula is C19H21ClN4O2. The van der Waals surface area contributed by atoms with Gasteiger partial charge in [-0.3, -0.25) is 4.79 Å². The van der Waals surface area contributed by atoms with Gasteiger partial charge in [0.25, 0.3) is 0 Å². The Morgan fingerprint density at radius 2 is 1.92 bits per heavy atom. The third-order valence-corrected chi connectivity index (χ3v) is 6.73. The van der Waals surface area contributed by atoms with Crippen LogP contribution in [-0.4, -0.2) is 31.1 Å². The molecule has 136 valence electrons. The lowest BCUT2D eigenvalue weighted by molar-refractivity contribution is -0.171. The molecule has 26 heavy (non-hydrogen) atoms. The maximum atomic E-state index is 13.0. The molecule has 4 fully saturated rings. The van der Waals surface area contributed by atoms with Crippen LogP contribution in [0.3, 0.4) is 0 Å². The van der Waals surface area contributed by atoms with Crippen LogP contribution < -0.4 is 0 Å². The summed E-state index contributed by atoms with van der Waals surface area (Å²) in [5, 5.41) is 11.8. The van der Waals surface area contributed by atoms with Crippen LogP contribution in [0.15, 0.2) is 30.3 Å². The molecule has 4 saturated carbocycles. The zero-order chi connectivity index (χ0) is 17.8. The summed E-state index contributed by atoms with van der Waals surface area (Å²) >= 11 is 6.83. The molecule has 1 heterocycles. The molecule has 4 aliphatic carbocycles. The first-order chi connectivity index (χ1) is 12.6. The third-order valence-electron chi connectivity index (χ3n) is 6.29. The number of para-hydroxylation sites is 1. The highest BCUT2D eigenvalue weighted by Gasteiger charge is 2.60. The second-order valence-corrected chi connectivity index (χ2v) is 9.11. The lowest BCUT2D eigenvalue weighted by Crippen LogP contribution is -2.56. The number of tetrazole rings is 1. The second kappa shape index (κ2) is 5.78. The van der Waals surface area contributed by atoms with Crippen molar-refractivity contribution < 1.29 is 9.53 Å². The average Bonchev–Trinajstić information content (AvgIpc) is 3.07. The van der Waals surface area contributed by atoms with Crippen LogP contribution in [0.5, 0.6) is 0 Å². The summed E-state index contributed by atoms with van der Waals surface area (Å²) in [4.78, 5) is 12.8. The smallest absolute Gasteiger partial charge is 0.312 e. The molecule has 0 unspecified atom stereocenters. The fourth-order valence-electron chi connectivity index (χ4n) is 5.74. The first-order valence-electron chi connectivity index (χ1n) is 9.24. The summed E-state index contributed by atoms with van der Waals surface area (Å²) in [7, 11) is 0. The number of hydrogen-bond acceptors (Lipinski definition) is 5. The van der Waals surface area contributed by atoms with Crippen LogP contribution in [0.4, 0.5) is 0 Å². The van der Waals surface area contributed by atoms with Gasteiger partial charge in [-0.15, -0.1) is 16.7 Å². The largest absolute Gasteiger partial charge is 0.457 e. The molecule has 0 N–H and O–H groups in total. The minimum Gasteiger partial charge on any atom is -0.457 e. The number of alkyl halides is 1. The van der Waals surface area contributed by atoms with Crippen LogP contribution in [0, 0.1) is 17.3 Å². The van der Waals surface area contributed by atoms with Gasteiger partial charge in [0.15, 0.2) is 12.4 Å². The van der Waals surface area contributed by atoms with Crippen molar-refractivity contribution >= 4 is 17.6 Å². The summed E-state index contributed by atoms with van der Waals surface area (Å²) < 4.78 is 7.32. The fourth-order valence-corrected chi connectivity index (χ4v) is 6.43. The normalized spacial score (nSPS) is 34.8. The van der Waals surface area contributed by atoms with E-state index in [1.165, 1.54) is 6.42 Å². The lowest BCUT2D eigenvalue weighted by atomic mass is 9.49. The van der Waals surface area contributed by atoms with Gasteiger partial charge in [0.05, 0.1) is 11.1 Å². The number of ether oxygens (including phenoxy) is 1. The zero-order valence-electron chi connectivity index (χ0n) is 14.5. The number of hydrogen-bond donors (Lipinski definition) is 0. The summed E-state index contributed by atoms with van der Waals surface area (Å²) in [5.41, 5.74) is 0.440. The fraction of sp³-hybridized carbons (Fsp3) is 0.579. The van der Waals surface area contributed by atoms with E-state index < -0.39 is 5.41 Å². The number of benzene rings is 1. The van der Waals surface area contributed by atoms with E-state index in [1.54, 1.807) is 4.68 Å². The van der Waals surface area contributed by atoms with E-state index >= 15 is 0 Å². The molecule has 4 aliphatic rings. The van der Waals surface area contributed by atoms with Gasteiger partial charge in [0.1, 0.15) is 0 Å². The maximum Gasteiger partial charge on any atom is 0.312 e. The van der Waals surface area contributed by atoms with Gasteiger partial charge in [-0.1, -0.05) is 18.2 Å². The topological polar surface area (TPSA) is 69.9 Å². The number of rotatable bonds is 4. The Labute approximate surface area is 156 Å². The highest BCUT2D eigenvalue weighted by atomic mass is 35.5. The molecule has 6 nitrogen and oxygen atoms in total. The van der Waals surface area contributed by atoms with Gasteiger partial charge in [-0.05, 0) is 72.9 Å². The van der Waals surface area contributed by atoms with E-state index in [0.717, 1.165) is 37.8 Å². The number of esters is 1. The van der Waals surface area contributed by atoms with Crippen molar-refractivity contribution in [2.45, 2.75) is 50.0 Å². The molecule has 0 radical (unpaired) electrons. The van der Waals surface area contributed by atoms with E-state index in [9.17, 15) is 4.79 Å². The number of aromatic nitrogens is 4. The molecule has 0 saturated heterocycles. The molecule has 1 aromatic heterocycles. The number of halogens is 1. The molecule has 2 atom stereocenters. The highest BCUT2D eigenvalue weighted by molar-refractivity contribution is 6.24. The van der Waals surface area contributed by atoms with Crippen LogP contribution >= 0.6 is 11.6 Å². The SMILES string of the molecule is O=C(OCc1nnnn1-c1ccccc1)C12C[C@H]3C[C@@H](CC(Cl)(C3)C1)C2. The van der Waals surface area contributed by atoms with Gasteiger partial charge in [-0.2, -0.15) is 4.68 Å². The van der Waals surface area contributed by atoms with Gasteiger partial charge in [0.2, 0.25) is 0 Å². The van der Waals surface area contributed by atoms with Crippen molar-refractivity contribution in [3.05, 3.63) is 36.2 Å². The van der Waals surface area contributed by atoms with Crippen molar-refractivity contribution in [1.82, 2.24) is 20.2 Å². The monoisotopic (exact) mass is 372 g/mol. The van der Waals surface area contributed by atoms with Gasteiger partial charge in [-0.25, -0.2) is 0 Å². The molecule has 2 aromatic rings. The average molecular weight is 373 g/mol. The van der Waals surface area contributed by atoms with Gasteiger partial charge >= 0.3 is 5.97 Å². The van der Waals surface area contributed by atoms with Crippen molar-refractivity contribution in [3.63, 3.8) is 0 Å². The molecule has 0 aliphatic heterocycles. The third kappa shape index (κ3) is 2.62. The predicted molar refractivity (Wildman–Crippen MR) is 94.6 cm³/mol. The maximum absolute atomic E-state index is 13.0. The van der Waals surface area contributed by atoms with Gasteiger partial charge < -0.3 is 4.74 Å². The van der Waals surface area contributed by atoms with Crippen LogP contribution in [0.1, 0.15) is 44.3 Å². The van der Waals surface area contributed by atoms with Crippen molar-refractivity contribution in [3.8, 4) is 5.69 Å². The highest BCUT2D eigenvalue weighted by Crippen LogP contribution is 2.64. The summed E-state index contributed by atoms with van der Waals surface area (Å²) in [6, 6.07) is 9.60. The Bertz CT molecular complexity index is 823. The van der Waals surface area contributed by atoms with E-state index in [0.29, 0.717) is 17.7 Å². The predicted octanol–water partition coefficient (Wildman–Crippen LogP) is 3.28. The van der Waals surface area contributed by atoms with E-state index in [4.69, 9.17) is 16.3 Å². The lowest BCUT2D eigenvalue weighted by Gasteiger charge is -2.58. The van der Waals surface area contributed by atoms with Crippen molar-refractivity contribution in [2.75, 3.05) is 0 Å². The first kappa shape index (κ1) is 16.2. The van der Waals surface area contributed by atoms with E-state index in [-0.39, 0.29) is 17.5 Å². The molecule has 7 heteroatoms. The Balaban J connectivity index is 1.33. The Kier molecular flexibility index (Phi) is 3.61. The summed E-state index contributed by atoms with van der Waals surface area (Å²) in [6.45, 7) is 0.0765. The Morgan fingerprint density at radius 3 is 2.62 bits per heavy atom. The molecule has 6 rings (SSSR count). The number of carbonyl (C=O) groups excluding carboxylic acids is 1. The quantitative estimate of drug-likeness (QED) is 0.608. The minimum atomic E-state index is -0.406. The molecule has 0 spiro atoms. The van der Waals surface area contributed by atoms with Crippen LogP contribution in [0.2, 0.25) is 0 Å². The Morgan fingerprint density at radius 1 is 1.19 bits per heavy atom. The zero-order valence-corrected chi connectivity index (χ0v) is 15.2. The Hall–Kier alpha value is -1.95. The molecule has 1 aromatic carbocycles. The molecular weight excluding hydrogens is 352 g/mol. The molecule has 0 amide bonds. The summed E-state index contributed by atoms with van der Waals surface area (Å²) in [5.74, 6) is 1.53. The minimum absolute atomic E-state index is 0.0765. The van der Waals surface area contributed by atoms with Gasteiger partial charge in [0, 0.05) is 4.87 Å². The van der Waals surface area contributed by atoms with Crippen molar-refractivity contribution in [1.29, 1.82) is 0 Å². The summed E-state index contributed by atoms with van der Waals surface area (Å²) in [6.07, 6.45) is 5.90. The number of carbonyl (C=O) groups is 1. The standard InChI is InChI=1S/C19H21ClN4O2/c20-19-9-13-6-14(10-19)8-18(7-13,12-19)17(25)26-11-16-21-22-23-24(16)15-4-2-1-3-5-15/h1-5,13-14H,6-12H2/t13-,14-,18?,19?/m1/s1.